The molecule has 0 heterocycles. The summed E-state index contributed by atoms with van der Waals surface area (Å²) in [5.74, 6) is -0.954. The Kier molecular flexibility index (Phi) is 6.97. The van der Waals surface area contributed by atoms with Gasteiger partial charge in [-0.2, -0.15) is 13.2 Å². The summed E-state index contributed by atoms with van der Waals surface area (Å²) >= 11 is 0. The van der Waals surface area contributed by atoms with Crippen LogP contribution in [-0.2, 0) is 17.4 Å². The Hall–Kier alpha value is -3.53. The third-order valence-corrected chi connectivity index (χ3v) is 4.65. The number of ether oxygens (including phenoxy) is 1. The lowest BCUT2D eigenvalue weighted by molar-refractivity contribution is -0.274. The Morgan fingerprint density at radius 1 is 0.818 bits per heavy atom. The predicted molar refractivity (Wildman–Crippen MR) is 110 cm³/mol. The number of carbonyl (C=O) groups is 1. The highest BCUT2D eigenvalue weighted by Crippen LogP contribution is 2.31. The standard InChI is InChI=1S/C23H18F6N2O2/c24-22(25,26)17-7-5-16(6-8-17)15-3-1-14(2-4-15)13-20(30)21(32)31-18-9-11-19(12-10-18)33-23(27,28)29/h1-12,20H,13,30H2,(H,31,32)/t20-/m1/s1. The maximum Gasteiger partial charge on any atom is 0.573 e. The van der Waals surface area contributed by atoms with Crippen LogP contribution >= 0.6 is 0 Å². The normalized spacial score (nSPS) is 12.8. The molecule has 0 spiro atoms. The van der Waals surface area contributed by atoms with Crippen LogP contribution < -0.4 is 15.8 Å². The molecule has 1 atom stereocenters. The number of benzene rings is 3. The fourth-order valence-corrected chi connectivity index (χ4v) is 3.01. The molecular weight excluding hydrogens is 450 g/mol. The molecule has 3 aromatic rings. The number of anilines is 1. The number of alkyl halides is 6. The average Bonchev–Trinajstić information content (AvgIpc) is 2.74. The van der Waals surface area contributed by atoms with Crippen LogP contribution in [0.2, 0.25) is 0 Å². The second-order valence-electron chi connectivity index (χ2n) is 7.14. The molecule has 0 unspecified atom stereocenters. The minimum Gasteiger partial charge on any atom is -0.406 e. The average molecular weight is 468 g/mol. The van der Waals surface area contributed by atoms with E-state index in [4.69, 9.17) is 5.73 Å². The topological polar surface area (TPSA) is 64.4 Å². The van der Waals surface area contributed by atoms with Crippen LogP contribution in [0.15, 0.2) is 72.8 Å². The molecule has 4 nitrogen and oxygen atoms in total. The van der Waals surface area contributed by atoms with Crippen molar-refractivity contribution in [2.45, 2.75) is 25.0 Å². The Labute approximate surface area is 185 Å². The highest BCUT2D eigenvalue weighted by molar-refractivity contribution is 5.94. The van der Waals surface area contributed by atoms with Gasteiger partial charge in [-0.1, -0.05) is 36.4 Å². The van der Waals surface area contributed by atoms with E-state index in [1.165, 1.54) is 24.3 Å². The van der Waals surface area contributed by atoms with E-state index in [0.717, 1.165) is 29.8 Å². The van der Waals surface area contributed by atoms with Crippen molar-refractivity contribution < 1.29 is 35.9 Å². The molecule has 3 aromatic carbocycles. The van der Waals surface area contributed by atoms with Crippen LogP contribution in [0.5, 0.6) is 5.75 Å². The Bertz CT molecular complexity index is 1080. The summed E-state index contributed by atoms with van der Waals surface area (Å²) in [6.07, 6.45) is -9.04. The molecule has 174 valence electrons. The number of hydrogen-bond donors (Lipinski definition) is 2. The number of carbonyl (C=O) groups excluding carboxylic acids is 1. The maximum absolute atomic E-state index is 12.7. The lowest BCUT2D eigenvalue weighted by Crippen LogP contribution is -2.37. The summed E-state index contributed by atoms with van der Waals surface area (Å²) in [5.41, 5.74) is 7.47. The fraction of sp³-hybridized carbons (Fsp3) is 0.174. The summed E-state index contributed by atoms with van der Waals surface area (Å²) < 4.78 is 78.4. The Morgan fingerprint density at radius 2 is 1.33 bits per heavy atom. The zero-order valence-corrected chi connectivity index (χ0v) is 16.9. The summed E-state index contributed by atoms with van der Waals surface area (Å²) in [6.45, 7) is 0. The van der Waals surface area contributed by atoms with Gasteiger partial charge in [0, 0.05) is 5.69 Å². The minimum absolute atomic E-state index is 0.175. The Balaban J connectivity index is 1.57. The lowest BCUT2D eigenvalue weighted by atomic mass is 9.99. The molecule has 0 aliphatic carbocycles. The van der Waals surface area contributed by atoms with Gasteiger partial charge in [0.1, 0.15) is 5.75 Å². The summed E-state index contributed by atoms with van der Waals surface area (Å²) in [7, 11) is 0. The second kappa shape index (κ2) is 9.53. The Morgan fingerprint density at radius 3 is 1.82 bits per heavy atom. The van der Waals surface area contributed by atoms with Gasteiger partial charge in [-0.15, -0.1) is 13.2 Å². The van der Waals surface area contributed by atoms with Crippen molar-refractivity contribution in [3.63, 3.8) is 0 Å². The molecule has 0 fully saturated rings. The number of hydrogen-bond acceptors (Lipinski definition) is 3. The molecule has 0 aliphatic heterocycles. The van der Waals surface area contributed by atoms with Crippen LogP contribution in [0, 0.1) is 0 Å². The molecule has 0 aliphatic rings. The molecule has 0 saturated carbocycles. The van der Waals surface area contributed by atoms with E-state index in [1.807, 2.05) is 0 Å². The highest BCUT2D eigenvalue weighted by atomic mass is 19.4. The molecule has 1 amide bonds. The number of rotatable bonds is 6. The van der Waals surface area contributed by atoms with Crippen LogP contribution in [0.3, 0.4) is 0 Å². The quantitative estimate of drug-likeness (QED) is 0.451. The first kappa shape index (κ1) is 24.1. The van der Waals surface area contributed by atoms with Gasteiger partial charge >= 0.3 is 12.5 Å². The highest BCUT2D eigenvalue weighted by Gasteiger charge is 2.31. The lowest BCUT2D eigenvalue weighted by Gasteiger charge is -2.14. The summed E-state index contributed by atoms with van der Waals surface area (Å²) in [4.78, 5) is 12.3. The molecule has 10 heteroatoms. The number of nitrogens with one attached hydrogen (secondary N) is 1. The van der Waals surface area contributed by atoms with E-state index in [9.17, 15) is 31.1 Å². The van der Waals surface area contributed by atoms with E-state index in [-0.39, 0.29) is 12.1 Å². The molecule has 3 rings (SSSR count). The van der Waals surface area contributed by atoms with Crippen molar-refractivity contribution in [1.82, 2.24) is 0 Å². The van der Waals surface area contributed by atoms with Gasteiger partial charge in [-0.3, -0.25) is 4.79 Å². The van der Waals surface area contributed by atoms with Gasteiger partial charge in [0.05, 0.1) is 11.6 Å². The van der Waals surface area contributed by atoms with Crippen molar-refractivity contribution in [3.05, 3.63) is 83.9 Å². The van der Waals surface area contributed by atoms with E-state index < -0.39 is 35.8 Å². The fourth-order valence-electron chi connectivity index (χ4n) is 3.01. The van der Waals surface area contributed by atoms with Crippen molar-refractivity contribution in [2.24, 2.45) is 5.73 Å². The first-order valence-corrected chi connectivity index (χ1v) is 9.59. The smallest absolute Gasteiger partial charge is 0.406 e. The molecule has 0 radical (unpaired) electrons. The SMILES string of the molecule is N[C@H](Cc1ccc(-c2ccc(C(F)(F)F)cc2)cc1)C(=O)Nc1ccc(OC(F)(F)F)cc1. The zero-order chi connectivity index (χ0) is 24.2. The molecule has 0 saturated heterocycles. The molecule has 33 heavy (non-hydrogen) atoms. The molecule has 0 aromatic heterocycles. The van der Waals surface area contributed by atoms with Crippen molar-refractivity contribution in [3.8, 4) is 16.9 Å². The number of halogens is 6. The van der Waals surface area contributed by atoms with Crippen LogP contribution in [0.1, 0.15) is 11.1 Å². The van der Waals surface area contributed by atoms with Gasteiger partial charge in [0.15, 0.2) is 0 Å². The second-order valence-corrected chi connectivity index (χ2v) is 7.14. The monoisotopic (exact) mass is 468 g/mol. The van der Waals surface area contributed by atoms with Crippen molar-refractivity contribution in [2.75, 3.05) is 5.32 Å². The first-order chi connectivity index (χ1) is 15.4. The minimum atomic E-state index is -4.81. The van der Waals surface area contributed by atoms with Gasteiger partial charge in [-0.25, -0.2) is 0 Å². The molecule has 0 bridgehead atoms. The van der Waals surface area contributed by atoms with Crippen LogP contribution in [0.4, 0.5) is 32.0 Å². The van der Waals surface area contributed by atoms with Crippen LogP contribution in [-0.4, -0.2) is 18.3 Å². The molecular formula is C23H18F6N2O2. The zero-order valence-electron chi connectivity index (χ0n) is 16.9. The third kappa shape index (κ3) is 6.98. The first-order valence-electron chi connectivity index (χ1n) is 9.59. The van der Waals surface area contributed by atoms with E-state index in [2.05, 4.69) is 10.1 Å². The van der Waals surface area contributed by atoms with Gasteiger partial charge in [-0.05, 0) is 59.5 Å². The van der Waals surface area contributed by atoms with Crippen LogP contribution in [0.25, 0.3) is 11.1 Å². The van der Waals surface area contributed by atoms with Crippen molar-refractivity contribution >= 4 is 11.6 Å². The maximum atomic E-state index is 12.7. The molecule has 3 N–H and O–H groups in total. The van der Waals surface area contributed by atoms with Crippen molar-refractivity contribution in [1.29, 1.82) is 0 Å². The van der Waals surface area contributed by atoms with E-state index >= 15 is 0 Å². The summed E-state index contributed by atoms with van der Waals surface area (Å²) in [6, 6.07) is 15.3. The largest absolute Gasteiger partial charge is 0.573 e. The number of nitrogens with two attached hydrogens (primary N) is 1. The predicted octanol–water partition coefficient (Wildman–Crippen LogP) is 5.78. The van der Waals surface area contributed by atoms with Gasteiger partial charge in [0.25, 0.3) is 0 Å². The van der Waals surface area contributed by atoms with E-state index in [0.29, 0.717) is 11.1 Å². The number of amides is 1. The van der Waals surface area contributed by atoms with Gasteiger partial charge < -0.3 is 15.8 Å². The summed E-state index contributed by atoms with van der Waals surface area (Å²) in [5, 5.41) is 2.51. The third-order valence-electron chi connectivity index (χ3n) is 4.65. The van der Waals surface area contributed by atoms with Gasteiger partial charge in [0.2, 0.25) is 5.91 Å². The van der Waals surface area contributed by atoms with E-state index in [1.54, 1.807) is 24.3 Å².